The Morgan fingerprint density at radius 1 is 0.889 bits per heavy atom. The second-order valence-corrected chi connectivity index (χ2v) is 8.40. The average Bonchev–Trinajstić information content (AvgIpc) is 2.66. The number of unbranched alkanes of at least 4 members (excludes halogenated alkanes) is 7. The van der Waals surface area contributed by atoms with Crippen LogP contribution in [-0.4, -0.2) is 11.7 Å². The van der Waals surface area contributed by atoms with Gasteiger partial charge in [-0.1, -0.05) is 38.5 Å². The van der Waals surface area contributed by atoms with Crippen LogP contribution >= 0.6 is 43.2 Å². The van der Waals surface area contributed by atoms with E-state index in [2.05, 4.69) is 37.9 Å². The van der Waals surface area contributed by atoms with Crippen LogP contribution in [0.3, 0.4) is 0 Å². The third-order valence-electron chi connectivity index (χ3n) is 3.08. The van der Waals surface area contributed by atoms with Crippen molar-refractivity contribution >= 4 is 43.2 Å². The lowest BCUT2D eigenvalue weighted by atomic mass is 10.1. The number of hydrogen-bond donors (Lipinski definition) is 1. The smallest absolute Gasteiger partial charge is 0.0742 e. The van der Waals surface area contributed by atoms with E-state index in [1.54, 1.807) is 11.3 Å². The van der Waals surface area contributed by atoms with Gasteiger partial charge in [-0.3, -0.25) is 0 Å². The molecule has 0 fully saturated rings. The highest BCUT2D eigenvalue weighted by atomic mass is 79.9. The molecule has 18 heavy (non-hydrogen) atoms. The van der Waals surface area contributed by atoms with Gasteiger partial charge in [0.25, 0.3) is 0 Å². The molecule has 0 spiro atoms. The lowest BCUT2D eigenvalue weighted by molar-refractivity contribution is 0.282. The van der Waals surface area contributed by atoms with Crippen molar-refractivity contribution < 1.29 is 5.11 Å². The molecule has 1 aromatic heterocycles. The van der Waals surface area contributed by atoms with Gasteiger partial charge in [-0.2, -0.15) is 0 Å². The van der Waals surface area contributed by atoms with E-state index in [0.717, 1.165) is 6.42 Å². The maximum absolute atomic E-state index is 8.66. The molecule has 0 aliphatic heterocycles. The first-order valence-corrected chi connectivity index (χ1v) is 9.19. The summed E-state index contributed by atoms with van der Waals surface area (Å²) in [5.74, 6) is 0. The predicted molar refractivity (Wildman–Crippen MR) is 87.4 cm³/mol. The number of halogens is 2. The van der Waals surface area contributed by atoms with Gasteiger partial charge < -0.3 is 5.11 Å². The van der Waals surface area contributed by atoms with Gasteiger partial charge in [0.1, 0.15) is 0 Å². The zero-order chi connectivity index (χ0) is 13.2. The molecule has 0 amide bonds. The highest BCUT2D eigenvalue weighted by Crippen LogP contribution is 2.32. The molecule has 0 unspecified atom stereocenters. The van der Waals surface area contributed by atoms with Crippen molar-refractivity contribution in [3.05, 3.63) is 19.2 Å². The molecule has 0 atom stereocenters. The monoisotopic (exact) mass is 396 g/mol. The number of thiophene rings is 1. The zero-order valence-electron chi connectivity index (χ0n) is 10.8. The van der Waals surface area contributed by atoms with Gasteiger partial charge in [-0.15, -0.1) is 11.3 Å². The largest absolute Gasteiger partial charge is 0.396 e. The molecule has 0 radical (unpaired) electrons. The quantitative estimate of drug-likeness (QED) is 0.485. The van der Waals surface area contributed by atoms with Gasteiger partial charge in [-0.05, 0) is 62.8 Å². The van der Waals surface area contributed by atoms with E-state index >= 15 is 0 Å². The van der Waals surface area contributed by atoms with E-state index in [9.17, 15) is 0 Å². The van der Waals surface area contributed by atoms with Gasteiger partial charge in [-0.25, -0.2) is 0 Å². The van der Waals surface area contributed by atoms with Crippen LogP contribution in [0.25, 0.3) is 0 Å². The first-order chi connectivity index (χ1) is 8.74. The van der Waals surface area contributed by atoms with Crippen molar-refractivity contribution in [1.29, 1.82) is 0 Å². The average molecular weight is 398 g/mol. The SMILES string of the molecule is OCCCCCCCCCCc1cc(Br)sc1Br. The summed E-state index contributed by atoms with van der Waals surface area (Å²) in [5.41, 5.74) is 1.44. The number of hydrogen-bond acceptors (Lipinski definition) is 2. The predicted octanol–water partition coefficient (Wildman–Crippen LogP) is 5.93. The van der Waals surface area contributed by atoms with Crippen molar-refractivity contribution in [2.75, 3.05) is 6.61 Å². The molecule has 1 heterocycles. The molecular weight excluding hydrogens is 376 g/mol. The minimum Gasteiger partial charge on any atom is -0.396 e. The van der Waals surface area contributed by atoms with Crippen LogP contribution in [0.2, 0.25) is 0 Å². The molecule has 0 aromatic carbocycles. The fourth-order valence-corrected chi connectivity index (χ4v) is 4.95. The van der Waals surface area contributed by atoms with Crippen molar-refractivity contribution in [3.8, 4) is 0 Å². The first kappa shape index (κ1) is 16.7. The van der Waals surface area contributed by atoms with E-state index < -0.39 is 0 Å². The van der Waals surface area contributed by atoms with Crippen LogP contribution in [0.15, 0.2) is 13.6 Å². The van der Waals surface area contributed by atoms with Gasteiger partial charge in [0.05, 0.1) is 7.57 Å². The Balaban J connectivity index is 1.94. The fraction of sp³-hybridized carbons (Fsp3) is 0.714. The zero-order valence-corrected chi connectivity index (χ0v) is 14.7. The molecule has 0 aliphatic rings. The molecule has 4 heteroatoms. The second kappa shape index (κ2) is 10.4. The van der Waals surface area contributed by atoms with Crippen LogP contribution in [0, 0.1) is 0 Å². The summed E-state index contributed by atoms with van der Waals surface area (Å²) in [6.07, 6.45) is 11.3. The van der Waals surface area contributed by atoms with Crippen LogP contribution in [0.1, 0.15) is 56.9 Å². The summed E-state index contributed by atoms with van der Waals surface area (Å²) < 4.78 is 2.49. The van der Waals surface area contributed by atoms with Crippen LogP contribution < -0.4 is 0 Å². The van der Waals surface area contributed by atoms with Crippen LogP contribution in [-0.2, 0) is 6.42 Å². The van der Waals surface area contributed by atoms with Gasteiger partial charge in [0.2, 0.25) is 0 Å². The van der Waals surface area contributed by atoms with Crippen molar-refractivity contribution in [2.45, 2.75) is 57.8 Å². The van der Waals surface area contributed by atoms with E-state index in [4.69, 9.17) is 5.11 Å². The number of aliphatic hydroxyl groups is 1. The highest BCUT2D eigenvalue weighted by Gasteiger charge is 2.04. The Morgan fingerprint density at radius 3 is 1.94 bits per heavy atom. The van der Waals surface area contributed by atoms with E-state index in [1.807, 2.05) is 0 Å². The molecular formula is C14H22Br2OS. The summed E-state index contributed by atoms with van der Waals surface area (Å²) in [6, 6.07) is 2.23. The maximum atomic E-state index is 8.66. The third-order valence-corrected chi connectivity index (χ3v) is 5.55. The lowest BCUT2D eigenvalue weighted by Gasteiger charge is -2.02. The highest BCUT2D eigenvalue weighted by molar-refractivity contribution is 9.12. The number of rotatable bonds is 10. The van der Waals surface area contributed by atoms with Crippen LogP contribution in [0.5, 0.6) is 0 Å². The molecule has 1 rings (SSSR count). The summed E-state index contributed by atoms with van der Waals surface area (Å²) in [6.45, 7) is 0.352. The molecule has 1 aromatic rings. The van der Waals surface area contributed by atoms with Gasteiger partial charge >= 0.3 is 0 Å². The molecule has 1 N–H and O–H groups in total. The molecule has 0 aliphatic carbocycles. The molecule has 0 saturated carbocycles. The number of aliphatic hydroxyl groups excluding tert-OH is 1. The second-order valence-electron chi connectivity index (χ2n) is 4.65. The Bertz CT molecular complexity index is 326. The van der Waals surface area contributed by atoms with E-state index in [0.29, 0.717) is 6.61 Å². The Kier molecular flexibility index (Phi) is 9.65. The number of aryl methyl sites for hydroxylation is 1. The lowest BCUT2D eigenvalue weighted by Crippen LogP contribution is -1.86. The topological polar surface area (TPSA) is 20.2 Å². The maximum Gasteiger partial charge on any atom is 0.0742 e. The minimum absolute atomic E-state index is 0.352. The summed E-state index contributed by atoms with van der Waals surface area (Å²) in [7, 11) is 0. The Labute approximate surface area is 131 Å². The van der Waals surface area contributed by atoms with Crippen molar-refractivity contribution in [2.24, 2.45) is 0 Å². The van der Waals surface area contributed by atoms with Gasteiger partial charge in [0.15, 0.2) is 0 Å². The Hall–Kier alpha value is 0.620. The fourth-order valence-electron chi connectivity index (χ4n) is 2.03. The Morgan fingerprint density at radius 2 is 1.44 bits per heavy atom. The van der Waals surface area contributed by atoms with Crippen molar-refractivity contribution in [1.82, 2.24) is 0 Å². The van der Waals surface area contributed by atoms with E-state index in [-0.39, 0.29) is 0 Å². The summed E-state index contributed by atoms with van der Waals surface area (Å²) >= 11 is 8.88. The molecule has 0 saturated heterocycles. The van der Waals surface area contributed by atoms with Gasteiger partial charge in [0, 0.05) is 6.61 Å². The summed E-state index contributed by atoms with van der Waals surface area (Å²) in [5, 5.41) is 8.66. The summed E-state index contributed by atoms with van der Waals surface area (Å²) in [4.78, 5) is 0. The third kappa shape index (κ3) is 7.27. The molecule has 104 valence electrons. The first-order valence-electron chi connectivity index (χ1n) is 6.78. The van der Waals surface area contributed by atoms with Crippen LogP contribution in [0.4, 0.5) is 0 Å². The van der Waals surface area contributed by atoms with E-state index in [1.165, 1.54) is 64.5 Å². The molecule has 1 nitrogen and oxygen atoms in total. The van der Waals surface area contributed by atoms with Crippen molar-refractivity contribution in [3.63, 3.8) is 0 Å². The standard InChI is InChI=1S/C14H22Br2OS/c15-13-11-12(14(16)18-13)9-7-5-3-1-2-4-6-8-10-17/h11,17H,1-10H2. The molecule has 0 bridgehead atoms. The minimum atomic E-state index is 0.352. The normalized spacial score (nSPS) is 11.1.